The Kier molecular flexibility index (Phi) is 4.78. The van der Waals surface area contributed by atoms with Crippen molar-refractivity contribution in [2.24, 2.45) is 5.73 Å². The van der Waals surface area contributed by atoms with E-state index in [1.54, 1.807) is 0 Å². The van der Waals surface area contributed by atoms with E-state index in [1.807, 2.05) is 38.2 Å². The summed E-state index contributed by atoms with van der Waals surface area (Å²) < 4.78 is 0. The summed E-state index contributed by atoms with van der Waals surface area (Å²) in [5.74, 6) is 0.0258. The van der Waals surface area contributed by atoms with Gasteiger partial charge in [-0.25, -0.2) is 0 Å². The van der Waals surface area contributed by atoms with Crippen LogP contribution in [0.25, 0.3) is 0 Å². The van der Waals surface area contributed by atoms with Gasteiger partial charge in [0.05, 0.1) is 6.54 Å². The largest absolute Gasteiger partial charge is 0.329 e. The van der Waals surface area contributed by atoms with Gasteiger partial charge in [0, 0.05) is 17.8 Å². The van der Waals surface area contributed by atoms with Gasteiger partial charge in [-0.15, -0.1) is 0 Å². The molecule has 1 aliphatic carbocycles. The first-order valence-corrected chi connectivity index (χ1v) is 7.34. The van der Waals surface area contributed by atoms with E-state index >= 15 is 0 Å². The number of hydrogen-bond donors (Lipinski definition) is 2. The lowest BCUT2D eigenvalue weighted by molar-refractivity contribution is -0.118. The van der Waals surface area contributed by atoms with Gasteiger partial charge < -0.3 is 11.1 Å². The lowest BCUT2D eigenvalue weighted by atomic mass is 9.96. The Labute approximate surface area is 121 Å². The van der Waals surface area contributed by atoms with Crippen molar-refractivity contribution in [2.45, 2.75) is 38.1 Å². The molecule has 1 amide bonds. The molecular weight excluding hydrogens is 250 g/mol. The number of carbonyl (C=O) groups is 1. The summed E-state index contributed by atoms with van der Waals surface area (Å²) >= 11 is 0. The van der Waals surface area contributed by atoms with Gasteiger partial charge in [0.15, 0.2) is 0 Å². The van der Waals surface area contributed by atoms with E-state index in [0.717, 1.165) is 24.1 Å². The number of amides is 1. The van der Waals surface area contributed by atoms with Gasteiger partial charge in [-0.1, -0.05) is 25.0 Å². The molecule has 0 bridgehead atoms. The third-order valence-corrected chi connectivity index (χ3v) is 4.41. The monoisotopic (exact) mass is 275 g/mol. The lowest BCUT2D eigenvalue weighted by Gasteiger charge is -2.37. The normalized spacial score (nSPS) is 17.4. The number of anilines is 1. The fraction of sp³-hybridized carbons (Fsp3) is 0.562. The smallest absolute Gasteiger partial charge is 0.238 e. The second kappa shape index (κ2) is 6.37. The summed E-state index contributed by atoms with van der Waals surface area (Å²) in [7, 11) is 2.01. The van der Waals surface area contributed by atoms with Crippen LogP contribution in [0.2, 0.25) is 0 Å². The first kappa shape index (κ1) is 15.0. The maximum absolute atomic E-state index is 12.2. The number of rotatable bonds is 5. The van der Waals surface area contributed by atoms with Crippen molar-refractivity contribution in [1.82, 2.24) is 4.90 Å². The van der Waals surface area contributed by atoms with Crippen LogP contribution in [0.1, 0.15) is 31.2 Å². The molecule has 0 unspecified atom stereocenters. The molecule has 1 saturated carbocycles. The molecule has 1 aromatic carbocycles. The molecule has 110 valence electrons. The van der Waals surface area contributed by atoms with Gasteiger partial charge in [0.25, 0.3) is 0 Å². The summed E-state index contributed by atoms with van der Waals surface area (Å²) in [6, 6.07) is 7.86. The molecule has 2 rings (SSSR count). The number of nitrogens with two attached hydrogens (primary N) is 1. The first-order valence-electron chi connectivity index (χ1n) is 7.34. The van der Waals surface area contributed by atoms with E-state index < -0.39 is 0 Å². The third-order valence-electron chi connectivity index (χ3n) is 4.41. The van der Waals surface area contributed by atoms with Crippen LogP contribution >= 0.6 is 0 Å². The maximum atomic E-state index is 12.2. The van der Waals surface area contributed by atoms with E-state index in [9.17, 15) is 4.79 Å². The quantitative estimate of drug-likeness (QED) is 0.865. The molecule has 1 aromatic rings. The zero-order valence-electron chi connectivity index (χ0n) is 12.5. The van der Waals surface area contributed by atoms with Crippen LogP contribution in [0.4, 0.5) is 5.69 Å². The van der Waals surface area contributed by atoms with Crippen LogP contribution in [0.3, 0.4) is 0 Å². The second-order valence-electron chi connectivity index (χ2n) is 5.91. The summed E-state index contributed by atoms with van der Waals surface area (Å²) in [5, 5.41) is 2.96. The maximum Gasteiger partial charge on any atom is 0.238 e. The van der Waals surface area contributed by atoms with Gasteiger partial charge in [0.2, 0.25) is 5.91 Å². The van der Waals surface area contributed by atoms with Gasteiger partial charge >= 0.3 is 0 Å². The molecule has 0 aliphatic heterocycles. The number of carbonyl (C=O) groups excluding carboxylic acids is 1. The Bertz CT molecular complexity index is 467. The van der Waals surface area contributed by atoms with Gasteiger partial charge in [0.1, 0.15) is 0 Å². The van der Waals surface area contributed by atoms with Gasteiger partial charge in [-0.2, -0.15) is 0 Å². The summed E-state index contributed by atoms with van der Waals surface area (Å²) in [6.07, 6.45) is 4.61. The fourth-order valence-electron chi connectivity index (χ4n) is 3.08. The number of nitrogens with zero attached hydrogens (tertiary/aromatic N) is 1. The van der Waals surface area contributed by atoms with Crippen molar-refractivity contribution in [3.05, 3.63) is 29.8 Å². The minimum atomic E-state index is 0.0178. The molecule has 0 atom stereocenters. The highest BCUT2D eigenvalue weighted by Gasteiger charge is 2.36. The molecule has 1 aliphatic rings. The molecule has 0 aromatic heterocycles. The second-order valence-corrected chi connectivity index (χ2v) is 5.91. The van der Waals surface area contributed by atoms with Crippen LogP contribution in [-0.2, 0) is 4.79 Å². The molecule has 4 heteroatoms. The average molecular weight is 275 g/mol. The minimum absolute atomic E-state index is 0.0178. The van der Waals surface area contributed by atoms with Crippen molar-refractivity contribution in [3.63, 3.8) is 0 Å². The predicted molar refractivity (Wildman–Crippen MR) is 82.7 cm³/mol. The highest BCUT2D eigenvalue weighted by atomic mass is 16.2. The standard InChI is InChI=1S/C16H25N3O/c1-13-6-5-7-14(10-13)18-15(20)11-19(2)16(12-17)8-3-4-9-16/h5-7,10H,3-4,8-9,11-12,17H2,1-2H3,(H,18,20). The van der Waals surface area contributed by atoms with Crippen molar-refractivity contribution in [3.8, 4) is 0 Å². The number of benzene rings is 1. The van der Waals surface area contributed by atoms with E-state index in [4.69, 9.17) is 5.73 Å². The van der Waals surface area contributed by atoms with Gasteiger partial charge in [-0.05, 0) is 44.5 Å². The summed E-state index contributed by atoms with van der Waals surface area (Å²) in [4.78, 5) is 14.3. The molecule has 0 radical (unpaired) electrons. The van der Waals surface area contributed by atoms with Crippen LogP contribution in [0, 0.1) is 6.92 Å². The Morgan fingerprint density at radius 2 is 2.10 bits per heavy atom. The number of likely N-dealkylation sites (N-methyl/N-ethyl adjacent to an activating group) is 1. The highest BCUT2D eigenvalue weighted by Crippen LogP contribution is 2.33. The zero-order chi connectivity index (χ0) is 14.6. The summed E-state index contributed by atoms with van der Waals surface area (Å²) in [6.45, 7) is 3.04. The van der Waals surface area contributed by atoms with Crippen molar-refractivity contribution < 1.29 is 4.79 Å². The molecule has 20 heavy (non-hydrogen) atoms. The van der Waals surface area contributed by atoms with Crippen LogP contribution in [0.5, 0.6) is 0 Å². The molecule has 0 saturated heterocycles. The van der Waals surface area contributed by atoms with Crippen LogP contribution in [0.15, 0.2) is 24.3 Å². The Hall–Kier alpha value is -1.39. The minimum Gasteiger partial charge on any atom is -0.329 e. The Morgan fingerprint density at radius 3 is 2.70 bits per heavy atom. The molecule has 0 heterocycles. The van der Waals surface area contributed by atoms with E-state index in [2.05, 4.69) is 10.2 Å². The van der Waals surface area contributed by atoms with Crippen molar-refractivity contribution in [2.75, 3.05) is 25.5 Å². The predicted octanol–water partition coefficient (Wildman–Crippen LogP) is 2.14. The number of nitrogens with one attached hydrogen (secondary N) is 1. The molecule has 0 spiro atoms. The van der Waals surface area contributed by atoms with E-state index in [1.165, 1.54) is 12.8 Å². The molecule has 3 N–H and O–H groups in total. The average Bonchev–Trinajstić information content (AvgIpc) is 2.88. The van der Waals surface area contributed by atoms with Crippen molar-refractivity contribution >= 4 is 11.6 Å². The third kappa shape index (κ3) is 3.38. The molecule has 4 nitrogen and oxygen atoms in total. The van der Waals surface area contributed by atoms with E-state index in [-0.39, 0.29) is 11.4 Å². The topological polar surface area (TPSA) is 58.4 Å². The Balaban J connectivity index is 1.94. The summed E-state index contributed by atoms with van der Waals surface area (Å²) in [5.41, 5.74) is 7.96. The Morgan fingerprint density at radius 1 is 1.40 bits per heavy atom. The van der Waals surface area contributed by atoms with Crippen LogP contribution < -0.4 is 11.1 Å². The molecule has 1 fully saturated rings. The fourth-order valence-corrected chi connectivity index (χ4v) is 3.08. The first-order chi connectivity index (χ1) is 9.55. The molecular formula is C16H25N3O. The zero-order valence-corrected chi connectivity index (χ0v) is 12.5. The highest BCUT2D eigenvalue weighted by molar-refractivity contribution is 5.92. The SMILES string of the molecule is Cc1cccc(NC(=O)CN(C)C2(CN)CCCC2)c1. The van der Waals surface area contributed by atoms with Crippen LogP contribution in [-0.4, -0.2) is 36.5 Å². The number of hydrogen-bond acceptors (Lipinski definition) is 3. The van der Waals surface area contributed by atoms with Gasteiger partial charge in [-0.3, -0.25) is 9.69 Å². The van der Waals surface area contributed by atoms with E-state index in [0.29, 0.717) is 13.1 Å². The van der Waals surface area contributed by atoms with Crippen molar-refractivity contribution in [1.29, 1.82) is 0 Å². The number of aryl methyl sites for hydroxylation is 1. The lowest BCUT2D eigenvalue weighted by Crippen LogP contribution is -2.52.